The van der Waals surface area contributed by atoms with Crippen molar-refractivity contribution in [3.8, 4) is 0 Å². The third-order valence-corrected chi connectivity index (χ3v) is 5.22. The fraction of sp³-hybridized carbons (Fsp3) is 0.143. The molecule has 0 heterocycles. The molecule has 0 spiro atoms. The number of nitrogens with two attached hydrogens (primary N) is 1. The Morgan fingerprint density at radius 3 is 2.33 bits per heavy atom. The second-order valence-electron chi connectivity index (χ2n) is 4.68. The molecule has 0 saturated heterocycles. The Kier molecular flexibility index (Phi) is 4.37. The third kappa shape index (κ3) is 3.26. The van der Waals surface area contributed by atoms with Crippen LogP contribution in [-0.2, 0) is 10.0 Å². The van der Waals surface area contributed by atoms with Crippen LogP contribution in [0.25, 0.3) is 0 Å². The highest BCUT2D eigenvalue weighted by molar-refractivity contribution is 7.92. The summed E-state index contributed by atoms with van der Waals surface area (Å²) in [6.45, 7) is 3.50. The SMILES string of the molecule is Cc1cc(S(=O)(=O)Nc2c(Cl)ccc(C)c2Cl)ccc1N. The first-order valence-electron chi connectivity index (χ1n) is 6.06. The molecule has 7 heteroatoms. The van der Waals surface area contributed by atoms with Crippen molar-refractivity contribution in [3.63, 3.8) is 0 Å². The topological polar surface area (TPSA) is 72.2 Å². The molecule has 2 aromatic rings. The monoisotopic (exact) mass is 344 g/mol. The first-order chi connectivity index (χ1) is 9.72. The van der Waals surface area contributed by atoms with E-state index in [1.165, 1.54) is 12.1 Å². The van der Waals surface area contributed by atoms with Crippen LogP contribution in [0.1, 0.15) is 11.1 Å². The predicted octanol–water partition coefficient (Wildman–Crippen LogP) is 3.99. The molecule has 2 aromatic carbocycles. The molecule has 0 aliphatic heterocycles. The molecule has 2 rings (SSSR count). The summed E-state index contributed by atoms with van der Waals surface area (Å²) in [5.41, 5.74) is 7.81. The van der Waals surface area contributed by atoms with E-state index < -0.39 is 10.0 Å². The average molecular weight is 345 g/mol. The zero-order chi connectivity index (χ0) is 15.8. The van der Waals surface area contributed by atoms with Crippen LogP contribution < -0.4 is 10.5 Å². The largest absolute Gasteiger partial charge is 0.399 e. The van der Waals surface area contributed by atoms with Gasteiger partial charge in [-0.25, -0.2) is 8.42 Å². The van der Waals surface area contributed by atoms with Gasteiger partial charge >= 0.3 is 0 Å². The Balaban J connectivity index is 2.47. The molecule has 0 unspecified atom stereocenters. The first-order valence-corrected chi connectivity index (χ1v) is 8.30. The van der Waals surface area contributed by atoms with Gasteiger partial charge in [-0.2, -0.15) is 0 Å². The number of hydrogen-bond acceptors (Lipinski definition) is 3. The van der Waals surface area contributed by atoms with Crippen LogP contribution in [0.5, 0.6) is 0 Å². The molecule has 3 N–H and O–H groups in total. The van der Waals surface area contributed by atoms with E-state index in [1.807, 2.05) is 0 Å². The van der Waals surface area contributed by atoms with Gasteiger partial charge in [0.25, 0.3) is 10.0 Å². The number of nitrogens with one attached hydrogen (secondary N) is 1. The summed E-state index contributed by atoms with van der Waals surface area (Å²) >= 11 is 12.1. The maximum atomic E-state index is 12.4. The lowest BCUT2D eigenvalue weighted by atomic mass is 10.2. The van der Waals surface area contributed by atoms with Gasteiger partial charge in [0.2, 0.25) is 0 Å². The summed E-state index contributed by atoms with van der Waals surface area (Å²) in [5, 5.41) is 0.514. The third-order valence-electron chi connectivity index (χ3n) is 3.07. The van der Waals surface area contributed by atoms with Crippen LogP contribution in [0.3, 0.4) is 0 Å². The lowest BCUT2D eigenvalue weighted by Crippen LogP contribution is -2.14. The van der Waals surface area contributed by atoms with Gasteiger partial charge in [-0.3, -0.25) is 4.72 Å². The van der Waals surface area contributed by atoms with E-state index >= 15 is 0 Å². The Labute approximate surface area is 133 Å². The first kappa shape index (κ1) is 15.9. The summed E-state index contributed by atoms with van der Waals surface area (Å²) in [7, 11) is -3.79. The molecule has 0 aliphatic rings. The highest BCUT2D eigenvalue weighted by Gasteiger charge is 2.19. The van der Waals surface area contributed by atoms with Gasteiger partial charge < -0.3 is 5.73 Å². The van der Waals surface area contributed by atoms with E-state index in [0.717, 1.165) is 5.56 Å². The fourth-order valence-electron chi connectivity index (χ4n) is 1.76. The van der Waals surface area contributed by atoms with E-state index in [9.17, 15) is 8.42 Å². The van der Waals surface area contributed by atoms with Crippen LogP contribution >= 0.6 is 23.2 Å². The number of nitrogen functional groups attached to an aromatic ring is 1. The maximum Gasteiger partial charge on any atom is 0.261 e. The highest BCUT2D eigenvalue weighted by atomic mass is 35.5. The normalized spacial score (nSPS) is 11.4. The van der Waals surface area contributed by atoms with Crippen LogP contribution in [0.4, 0.5) is 11.4 Å². The molecule has 0 atom stereocenters. The standard InChI is InChI=1S/C14H14Cl2N2O2S/c1-8-3-5-11(15)14(13(8)16)18-21(19,20)10-4-6-12(17)9(2)7-10/h3-7,18H,17H2,1-2H3. The summed E-state index contributed by atoms with van der Waals surface area (Å²) in [6, 6.07) is 7.78. The second kappa shape index (κ2) is 5.75. The molecule has 0 aliphatic carbocycles. The van der Waals surface area contributed by atoms with Crippen molar-refractivity contribution in [1.29, 1.82) is 0 Å². The fourth-order valence-corrected chi connectivity index (χ4v) is 3.51. The number of hydrogen-bond donors (Lipinski definition) is 2. The van der Waals surface area contributed by atoms with Gasteiger partial charge in [0.1, 0.15) is 0 Å². The van der Waals surface area contributed by atoms with E-state index in [4.69, 9.17) is 28.9 Å². The van der Waals surface area contributed by atoms with E-state index in [1.54, 1.807) is 32.0 Å². The zero-order valence-electron chi connectivity index (χ0n) is 11.4. The lowest BCUT2D eigenvalue weighted by Gasteiger charge is -2.13. The molecule has 0 saturated carbocycles. The van der Waals surface area contributed by atoms with Gasteiger partial charge in [-0.15, -0.1) is 0 Å². The Morgan fingerprint density at radius 2 is 1.71 bits per heavy atom. The maximum absolute atomic E-state index is 12.4. The van der Waals surface area contributed by atoms with Crippen molar-refractivity contribution in [2.75, 3.05) is 10.5 Å². The summed E-state index contributed by atoms with van der Waals surface area (Å²) < 4.78 is 27.2. The minimum atomic E-state index is -3.79. The van der Waals surface area contributed by atoms with E-state index in [2.05, 4.69) is 4.72 Å². The average Bonchev–Trinajstić information content (AvgIpc) is 2.42. The van der Waals surface area contributed by atoms with Crippen LogP contribution in [0, 0.1) is 13.8 Å². The van der Waals surface area contributed by atoms with Crippen LogP contribution in [-0.4, -0.2) is 8.42 Å². The van der Waals surface area contributed by atoms with Crippen molar-refractivity contribution >= 4 is 44.6 Å². The zero-order valence-corrected chi connectivity index (χ0v) is 13.8. The van der Waals surface area contributed by atoms with Crippen molar-refractivity contribution in [3.05, 3.63) is 51.5 Å². The number of aryl methyl sites for hydroxylation is 2. The molecular formula is C14H14Cl2N2O2S. The number of halogens is 2. The van der Waals surface area contributed by atoms with Crippen molar-refractivity contribution in [2.45, 2.75) is 18.7 Å². The molecule has 0 bridgehead atoms. The second-order valence-corrected chi connectivity index (χ2v) is 7.14. The smallest absolute Gasteiger partial charge is 0.261 e. The van der Waals surface area contributed by atoms with Gasteiger partial charge in [0, 0.05) is 5.69 Å². The summed E-state index contributed by atoms with van der Waals surface area (Å²) in [5.74, 6) is 0. The lowest BCUT2D eigenvalue weighted by molar-refractivity contribution is 0.601. The number of sulfonamides is 1. The van der Waals surface area contributed by atoms with Gasteiger partial charge in [-0.1, -0.05) is 29.3 Å². The number of rotatable bonds is 3. The molecular weight excluding hydrogens is 331 g/mol. The predicted molar refractivity (Wildman–Crippen MR) is 87.6 cm³/mol. The number of benzene rings is 2. The van der Waals surface area contributed by atoms with Crippen molar-refractivity contribution in [1.82, 2.24) is 0 Å². The summed E-state index contributed by atoms with van der Waals surface area (Å²) in [4.78, 5) is 0.0999. The summed E-state index contributed by atoms with van der Waals surface area (Å²) in [6.07, 6.45) is 0. The molecule has 0 radical (unpaired) electrons. The molecule has 0 amide bonds. The van der Waals surface area contributed by atoms with Crippen molar-refractivity contribution in [2.24, 2.45) is 0 Å². The Bertz CT molecular complexity index is 805. The number of anilines is 2. The van der Waals surface area contributed by atoms with Gasteiger partial charge in [0.15, 0.2) is 0 Å². The Morgan fingerprint density at radius 1 is 1.05 bits per heavy atom. The quantitative estimate of drug-likeness (QED) is 0.826. The van der Waals surface area contributed by atoms with Gasteiger partial charge in [-0.05, 0) is 49.2 Å². The highest BCUT2D eigenvalue weighted by Crippen LogP contribution is 2.34. The van der Waals surface area contributed by atoms with Crippen molar-refractivity contribution < 1.29 is 8.42 Å². The Hall–Kier alpha value is -1.43. The molecule has 21 heavy (non-hydrogen) atoms. The van der Waals surface area contributed by atoms with E-state index in [-0.39, 0.29) is 20.6 Å². The molecule has 0 aromatic heterocycles. The van der Waals surface area contributed by atoms with Gasteiger partial charge in [0.05, 0.1) is 20.6 Å². The minimum absolute atomic E-state index is 0.0999. The minimum Gasteiger partial charge on any atom is -0.399 e. The van der Waals surface area contributed by atoms with E-state index in [0.29, 0.717) is 11.3 Å². The molecule has 112 valence electrons. The van der Waals surface area contributed by atoms with Crippen LogP contribution in [0.2, 0.25) is 10.0 Å². The molecule has 4 nitrogen and oxygen atoms in total. The van der Waals surface area contributed by atoms with Crippen LogP contribution in [0.15, 0.2) is 35.2 Å². The molecule has 0 fully saturated rings.